The zero-order chi connectivity index (χ0) is 20.1. The van der Waals surface area contributed by atoms with E-state index in [1.807, 2.05) is 72.1 Å². The van der Waals surface area contributed by atoms with Crippen molar-refractivity contribution in [2.24, 2.45) is 10.2 Å². The van der Waals surface area contributed by atoms with Crippen molar-refractivity contribution in [3.05, 3.63) is 48.5 Å². The van der Waals surface area contributed by atoms with E-state index >= 15 is 0 Å². The first-order chi connectivity index (χ1) is 13.3. The van der Waals surface area contributed by atoms with Crippen LogP contribution in [-0.2, 0) is 16.7 Å². The van der Waals surface area contributed by atoms with Gasteiger partial charge in [-0.3, -0.25) is 0 Å². The first-order valence-electron chi connectivity index (χ1n) is 8.87. The topological polar surface area (TPSA) is 89.0 Å². The molecule has 0 atom stereocenters. The first-order valence-corrected chi connectivity index (χ1v) is 11.3. The lowest BCUT2D eigenvalue weighted by Crippen LogP contribution is -2.32. The number of thiazole rings is 1. The highest BCUT2D eigenvalue weighted by molar-refractivity contribution is 7.85. The van der Waals surface area contributed by atoms with Gasteiger partial charge in [0.1, 0.15) is 11.2 Å². The number of hydrogen-bond acceptors (Lipinski definition) is 7. The van der Waals surface area contributed by atoms with Gasteiger partial charge < -0.3 is 9.45 Å². The second-order valence-corrected chi connectivity index (χ2v) is 9.12. The van der Waals surface area contributed by atoms with E-state index in [-0.39, 0.29) is 5.75 Å². The highest BCUT2D eigenvalue weighted by Gasteiger charge is 2.19. The minimum Gasteiger partial charge on any atom is -0.748 e. The Labute approximate surface area is 168 Å². The number of unbranched alkanes of at least 4 members (excludes halogenated alkanes) is 1. The van der Waals surface area contributed by atoms with Crippen molar-refractivity contribution < 1.29 is 17.5 Å². The van der Waals surface area contributed by atoms with Crippen LogP contribution in [0.3, 0.4) is 0 Å². The minimum atomic E-state index is -4.18. The molecule has 0 amide bonds. The summed E-state index contributed by atoms with van der Waals surface area (Å²) in [5.41, 5.74) is 2.87. The molecular weight excluding hydrogens is 396 g/mol. The zero-order valence-electron chi connectivity index (χ0n) is 15.8. The minimum absolute atomic E-state index is 0.325. The van der Waals surface area contributed by atoms with Gasteiger partial charge in [-0.25, -0.2) is 13.0 Å². The molecule has 3 aromatic rings. The second-order valence-electron chi connectivity index (χ2n) is 6.58. The standard InChI is InChI=1S/C19H22N4O3S2/c1-22(2)16-11-9-15(10-12-16)20-21-19-23(13-5-6-14-28(24,25)26)17-7-3-4-8-18(17)27-19/h3-4,7-12H,5-6,13-14H2,1-2H3. The largest absolute Gasteiger partial charge is 0.748 e. The van der Waals surface area contributed by atoms with E-state index in [2.05, 4.69) is 10.2 Å². The number of fused-ring (bicyclic) bond motifs is 1. The van der Waals surface area contributed by atoms with Crippen LogP contribution < -0.4 is 9.47 Å². The third kappa shape index (κ3) is 5.34. The van der Waals surface area contributed by atoms with Crippen molar-refractivity contribution in [1.29, 1.82) is 0 Å². The third-order valence-electron chi connectivity index (χ3n) is 4.23. The molecule has 1 heterocycles. The number of anilines is 1. The monoisotopic (exact) mass is 418 g/mol. The SMILES string of the molecule is CN(C)c1ccc(/N=N/c2sc3ccccc3[n+]2CCCCS(=O)(=O)[O-])cc1. The van der Waals surface area contributed by atoms with Gasteiger partial charge in [0.15, 0.2) is 0 Å². The predicted molar refractivity (Wildman–Crippen MR) is 111 cm³/mol. The van der Waals surface area contributed by atoms with E-state index < -0.39 is 10.1 Å². The molecule has 0 unspecified atom stereocenters. The highest BCUT2D eigenvalue weighted by atomic mass is 32.2. The maximum atomic E-state index is 10.8. The van der Waals surface area contributed by atoms with Crippen LogP contribution in [0.4, 0.5) is 16.5 Å². The third-order valence-corrected chi connectivity index (χ3v) is 6.07. The molecule has 0 aliphatic heterocycles. The van der Waals surface area contributed by atoms with Crippen molar-refractivity contribution in [1.82, 2.24) is 0 Å². The highest BCUT2D eigenvalue weighted by Crippen LogP contribution is 2.28. The van der Waals surface area contributed by atoms with Gasteiger partial charge in [0.05, 0.1) is 26.5 Å². The molecule has 0 saturated carbocycles. The van der Waals surface area contributed by atoms with Crippen molar-refractivity contribution in [2.75, 3.05) is 24.7 Å². The van der Waals surface area contributed by atoms with Crippen molar-refractivity contribution >= 4 is 48.2 Å². The van der Waals surface area contributed by atoms with Crippen LogP contribution in [0.2, 0.25) is 0 Å². The number of hydrogen-bond donors (Lipinski definition) is 0. The van der Waals surface area contributed by atoms with Crippen molar-refractivity contribution in [3.63, 3.8) is 0 Å². The number of rotatable bonds is 8. The molecule has 0 spiro atoms. The fraction of sp³-hybridized carbons (Fsp3) is 0.316. The maximum Gasteiger partial charge on any atom is 0.409 e. The molecule has 3 rings (SSSR count). The van der Waals surface area contributed by atoms with Crippen LogP contribution in [0.25, 0.3) is 10.2 Å². The van der Waals surface area contributed by atoms with Gasteiger partial charge in [0.25, 0.3) is 0 Å². The van der Waals surface area contributed by atoms with E-state index in [4.69, 9.17) is 0 Å². The van der Waals surface area contributed by atoms with Crippen LogP contribution in [0.1, 0.15) is 12.8 Å². The van der Waals surface area contributed by atoms with Crippen LogP contribution in [0.15, 0.2) is 58.8 Å². The van der Waals surface area contributed by atoms with E-state index in [1.165, 1.54) is 11.3 Å². The summed E-state index contributed by atoms with van der Waals surface area (Å²) in [5.74, 6) is -0.343. The van der Waals surface area contributed by atoms with Crippen LogP contribution in [0.5, 0.6) is 0 Å². The number of benzene rings is 2. The van der Waals surface area contributed by atoms with E-state index in [0.29, 0.717) is 19.4 Å². The van der Waals surface area contributed by atoms with Gasteiger partial charge >= 0.3 is 5.13 Å². The fourth-order valence-electron chi connectivity index (χ4n) is 2.78. The Morgan fingerprint density at radius 1 is 1.04 bits per heavy atom. The number of aryl methyl sites for hydroxylation is 1. The Bertz CT molecular complexity index is 1070. The van der Waals surface area contributed by atoms with Gasteiger partial charge in [-0.05, 0) is 65.7 Å². The molecular formula is C19H22N4O3S2. The molecule has 148 valence electrons. The van der Waals surface area contributed by atoms with Crippen LogP contribution >= 0.6 is 11.3 Å². The molecule has 0 bridgehead atoms. The molecule has 9 heteroatoms. The molecule has 28 heavy (non-hydrogen) atoms. The van der Waals surface area contributed by atoms with E-state index in [0.717, 1.165) is 26.7 Å². The second kappa shape index (κ2) is 8.76. The van der Waals surface area contributed by atoms with Crippen LogP contribution in [0, 0.1) is 0 Å². The molecule has 0 saturated heterocycles. The molecule has 7 nitrogen and oxygen atoms in total. The molecule has 0 fully saturated rings. The Balaban J connectivity index is 1.81. The number of azo groups is 1. The average molecular weight is 419 g/mol. The van der Waals surface area contributed by atoms with Gasteiger partial charge in [-0.2, -0.15) is 0 Å². The zero-order valence-corrected chi connectivity index (χ0v) is 17.4. The Morgan fingerprint density at radius 2 is 1.75 bits per heavy atom. The van der Waals surface area contributed by atoms with Crippen LogP contribution in [-0.4, -0.2) is 32.8 Å². The number of nitrogens with zero attached hydrogens (tertiary/aromatic N) is 4. The lowest BCUT2D eigenvalue weighted by molar-refractivity contribution is -0.655. The summed E-state index contributed by atoms with van der Waals surface area (Å²) < 4.78 is 35.5. The molecule has 1 aromatic heterocycles. The Kier molecular flexibility index (Phi) is 6.38. The van der Waals surface area contributed by atoms with Gasteiger partial charge in [0, 0.05) is 25.5 Å². The summed E-state index contributed by atoms with van der Waals surface area (Å²) in [6.07, 6.45) is 0.901. The molecule has 0 aliphatic rings. The summed E-state index contributed by atoms with van der Waals surface area (Å²) in [4.78, 5) is 2.02. The van der Waals surface area contributed by atoms with Crippen molar-refractivity contribution in [3.8, 4) is 0 Å². The normalized spacial score (nSPS) is 12.1. The number of para-hydroxylation sites is 1. The lowest BCUT2D eigenvalue weighted by Gasteiger charge is -2.11. The lowest BCUT2D eigenvalue weighted by atomic mass is 10.3. The molecule has 2 aromatic carbocycles. The summed E-state index contributed by atoms with van der Waals surface area (Å²) in [7, 11) is -0.214. The molecule has 0 radical (unpaired) electrons. The molecule has 0 N–H and O–H groups in total. The van der Waals surface area contributed by atoms with E-state index in [9.17, 15) is 13.0 Å². The fourth-order valence-corrected chi connectivity index (χ4v) is 4.35. The molecule has 0 aliphatic carbocycles. The predicted octanol–water partition coefficient (Wildman–Crippen LogP) is 4.00. The summed E-state index contributed by atoms with van der Waals surface area (Å²) >= 11 is 1.53. The average Bonchev–Trinajstić information content (AvgIpc) is 3.01. The first kappa shape index (κ1) is 20.4. The Hall–Kier alpha value is -2.36. The van der Waals surface area contributed by atoms with Gasteiger partial charge in [-0.15, -0.1) is 0 Å². The van der Waals surface area contributed by atoms with Gasteiger partial charge in [0.2, 0.25) is 0 Å². The summed E-state index contributed by atoms with van der Waals surface area (Å²) in [6, 6.07) is 15.7. The summed E-state index contributed by atoms with van der Waals surface area (Å²) in [5, 5.41) is 9.52. The maximum absolute atomic E-state index is 10.8. The Morgan fingerprint density at radius 3 is 2.43 bits per heavy atom. The smallest absolute Gasteiger partial charge is 0.409 e. The van der Waals surface area contributed by atoms with Crippen molar-refractivity contribution in [2.45, 2.75) is 19.4 Å². The quantitative estimate of drug-likeness (QED) is 0.239. The number of aromatic nitrogens is 1. The van der Waals surface area contributed by atoms with Gasteiger partial charge in [-0.1, -0.05) is 12.1 Å². The van der Waals surface area contributed by atoms with E-state index in [1.54, 1.807) is 0 Å². The summed E-state index contributed by atoms with van der Waals surface area (Å²) in [6.45, 7) is 0.577.